The Hall–Kier alpha value is -1.47. The van der Waals surface area contributed by atoms with Gasteiger partial charge < -0.3 is 10.1 Å². The number of nitrogens with one attached hydrogen (secondary N) is 1. The molecule has 128 valence electrons. The molecule has 0 radical (unpaired) electrons. The molecule has 0 aromatic heterocycles. The fourth-order valence-electron chi connectivity index (χ4n) is 1.93. The zero-order valence-electron chi connectivity index (χ0n) is 12.3. The van der Waals surface area contributed by atoms with Crippen molar-refractivity contribution in [1.82, 2.24) is 5.32 Å². The van der Waals surface area contributed by atoms with Crippen LogP contribution in [0.25, 0.3) is 0 Å². The molecule has 0 bridgehead atoms. The highest BCUT2D eigenvalue weighted by Gasteiger charge is 2.22. The van der Waals surface area contributed by atoms with E-state index in [4.69, 9.17) is 38.6 Å². The van der Waals surface area contributed by atoms with E-state index >= 15 is 0 Å². The van der Waals surface area contributed by atoms with Gasteiger partial charge in [-0.2, -0.15) is 0 Å². The summed E-state index contributed by atoms with van der Waals surface area (Å²) in [6.07, 6.45) is 0. The van der Waals surface area contributed by atoms with E-state index in [1.54, 1.807) is 31.4 Å². The molecule has 2 aromatic carbocycles. The van der Waals surface area contributed by atoms with Crippen LogP contribution in [0.3, 0.4) is 0 Å². The molecular weight excluding hydrogens is 397 g/mol. The molecule has 0 unspecified atom stereocenters. The Morgan fingerprint density at radius 3 is 2.33 bits per heavy atom. The molecule has 0 saturated carbocycles. The Morgan fingerprint density at radius 1 is 1.17 bits per heavy atom. The van der Waals surface area contributed by atoms with Gasteiger partial charge in [0, 0.05) is 22.2 Å². The van der Waals surface area contributed by atoms with Gasteiger partial charge in [0.2, 0.25) is 0 Å². The van der Waals surface area contributed by atoms with E-state index in [0.717, 1.165) is 11.6 Å². The number of hydrogen-bond donors (Lipinski definition) is 1. The van der Waals surface area contributed by atoms with Crippen molar-refractivity contribution in [3.05, 3.63) is 57.6 Å². The lowest BCUT2D eigenvalue weighted by atomic mass is 10.2. The van der Waals surface area contributed by atoms with Crippen LogP contribution in [0.1, 0.15) is 15.9 Å². The van der Waals surface area contributed by atoms with Crippen molar-refractivity contribution >= 4 is 48.8 Å². The highest BCUT2D eigenvalue weighted by molar-refractivity contribution is 8.13. The van der Waals surface area contributed by atoms with Gasteiger partial charge in [0.15, 0.2) is 0 Å². The predicted octanol–water partition coefficient (Wildman–Crippen LogP) is 3.86. The Labute approximate surface area is 153 Å². The molecule has 1 amide bonds. The van der Waals surface area contributed by atoms with Crippen molar-refractivity contribution in [3.63, 3.8) is 0 Å². The summed E-state index contributed by atoms with van der Waals surface area (Å²) in [5.74, 6) is 0.125. The van der Waals surface area contributed by atoms with Crippen molar-refractivity contribution in [2.45, 2.75) is 11.4 Å². The quantitative estimate of drug-likeness (QED) is 0.763. The van der Waals surface area contributed by atoms with Gasteiger partial charge >= 0.3 is 0 Å². The fourth-order valence-corrected chi connectivity index (χ4v) is 3.79. The second-order valence-electron chi connectivity index (χ2n) is 4.73. The third kappa shape index (κ3) is 4.54. The van der Waals surface area contributed by atoms with Crippen molar-refractivity contribution in [2.24, 2.45) is 0 Å². The number of hydrogen-bond acceptors (Lipinski definition) is 4. The highest BCUT2D eigenvalue weighted by Crippen LogP contribution is 2.31. The topological polar surface area (TPSA) is 72.5 Å². The monoisotopic (exact) mass is 407 g/mol. The molecule has 24 heavy (non-hydrogen) atoms. The Bertz CT molecular complexity index is 867. The molecule has 1 N–H and O–H groups in total. The highest BCUT2D eigenvalue weighted by atomic mass is 35.7. The number of ether oxygens (including phenoxy) is 1. The molecule has 0 aliphatic rings. The maximum absolute atomic E-state index is 12.3. The predicted molar refractivity (Wildman–Crippen MR) is 93.7 cm³/mol. The minimum Gasteiger partial charge on any atom is -0.497 e. The molecule has 9 heteroatoms. The van der Waals surface area contributed by atoms with Crippen molar-refractivity contribution in [1.29, 1.82) is 0 Å². The van der Waals surface area contributed by atoms with E-state index in [2.05, 4.69) is 5.32 Å². The summed E-state index contributed by atoms with van der Waals surface area (Å²) in [5, 5.41) is 2.40. The largest absolute Gasteiger partial charge is 0.497 e. The van der Waals surface area contributed by atoms with E-state index in [1.807, 2.05) is 0 Å². The first-order chi connectivity index (χ1) is 11.2. The van der Waals surface area contributed by atoms with Gasteiger partial charge in [0.05, 0.1) is 17.7 Å². The number of carbonyl (C=O) groups is 1. The minimum absolute atomic E-state index is 0.0354. The third-order valence-electron chi connectivity index (χ3n) is 3.12. The lowest BCUT2D eigenvalue weighted by molar-refractivity contribution is 0.0951. The molecular formula is C15H12Cl3NO4S. The number of benzene rings is 2. The molecule has 2 rings (SSSR count). The average molecular weight is 409 g/mol. The van der Waals surface area contributed by atoms with E-state index in [-0.39, 0.29) is 22.2 Å². The number of rotatable bonds is 5. The van der Waals surface area contributed by atoms with Crippen LogP contribution >= 0.6 is 33.9 Å². The summed E-state index contributed by atoms with van der Waals surface area (Å²) in [4.78, 5) is 11.9. The first-order valence-corrected chi connectivity index (χ1v) is 9.63. The van der Waals surface area contributed by atoms with Crippen LogP contribution in [-0.4, -0.2) is 21.4 Å². The molecule has 0 saturated heterocycles. The number of carbonyl (C=O) groups excluding carboxylic acids is 1. The minimum atomic E-state index is -4.12. The molecule has 0 aliphatic carbocycles. The lowest BCUT2D eigenvalue weighted by Gasteiger charge is -2.10. The van der Waals surface area contributed by atoms with E-state index < -0.39 is 19.9 Å². The molecule has 0 heterocycles. The van der Waals surface area contributed by atoms with Gasteiger partial charge in [0.25, 0.3) is 15.0 Å². The van der Waals surface area contributed by atoms with Crippen molar-refractivity contribution in [3.8, 4) is 5.75 Å². The van der Waals surface area contributed by atoms with E-state index in [0.29, 0.717) is 5.75 Å². The maximum atomic E-state index is 12.3. The maximum Gasteiger partial charge on any atom is 0.262 e. The summed E-state index contributed by atoms with van der Waals surface area (Å²) < 4.78 is 28.0. The molecule has 5 nitrogen and oxygen atoms in total. The van der Waals surface area contributed by atoms with Gasteiger partial charge in [0.1, 0.15) is 10.6 Å². The summed E-state index contributed by atoms with van der Waals surface area (Å²) in [7, 11) is 2.73. The zero-order chi connectivity index (χ0) is 17.9. The van der Waals surface area contributed by atoms with Crippen LogP contribution in [0.4, 0.5) is 0 Å². The van der Waals surface area contributed by atoms with E-state index in [9.17, 15) is 13.2 Å². The van der Waals surface area contributed by atoms with Crippen LogP contribution < -0.4 is 10.1 Å². The third-order valence-corrected chi connectivity index (χ3v) is 5.21. The lowest BCUT2D eigenvalue weighted by Crippen LogP contribution is -2.23. The first-order valence-electron chi connectivity index (χ1n) is 6.57. The molecule has 2 aromatic rings. The number of methoxy groups -OCH3 is 1. The van der Waals surface area contributed by atoms with Gasteiger partial charge in [-0.15, -0.1) is 0 Å². The SMILES string of the molecule is COc1ccc(CNC(=O)c2cc(Cl)cc(S(=O)(=O)Cl)c2Cl)cc1. The second-order valence-corrected chi connectivity index (χ2v) is 8.08. The molecule has 0 spiro atoms. The van der Waals surface area contributed by atoms with E-state index in [1.165, 1.54) is 6.07 Å². The Kier molecular flexibility index (Phi) is 5.98. The van der Waals surface area contributed by atoms with Crippen LogP contribution in [0.2, 0.25) is 10.0 Å². The number of halogens is 3. The summed E-state index contributed by atoms with van der Waals surface area (Å²) in [6.45, 7) is 0.217. The number of amides is 1. The Morgan fingerprint density at radius 2 is 1.79 bits per heavy atom. The standard InChI is InChI=1S/C15H12Cl3NO4S/c1-23-11-4-2-9(3-5-11)8-19-15(20)12-6-10(16)7-13(14(12)17)24(18,21)22/h2-7H,8H2,1H3,(H,19,20). The van der Waals surface area contributed by atoms with Gasteiger partial charge in [-0.05, 0) is 29.8 Å². The summed E-state index contributed by atoms with van der Waals surface area (Å²) in [6, 6.07) is 9.45. The van der Waals surface area contributed by atoms with Gasteiger partial charge in [-0.1, -0.05) is 35.3 Å². The van der Waals surface area contributed by atoms with Gasteiger partial charge in [-0.25, -0.2) is 8.42 Å². The van der Waals surface area contributed by atoms with Crippen LogP contribution in [0.5, 0.6) is 5.75 Å². The summed E-state index contributed by atoms with van der Waals surface area (Å²) in [5.41, 5.74) is 0.754. The van der Waals surface area contributed by atoms with Crippen molar-refractivity contribution in [2.75, 3.05) is 7.11 Å². The molecule has 0 aliphatic heterocycles. The Balaban J connectivity index is 2.22. The molecule has 0 atom stereocenters. The van der Waals surface area contributed by atoms with Crippen LogP contribution in [-0.2, 0) is 15.6 Å². The van der Waals surface area contributed by atoms with Crippen LogP contribution in [0.15, 0.2) is 41.3 Å². The molecule has 0 fully saturated rings. The summed E-state index contributed by atoms with van der Waals surface area (Å²) >= 11 is 11.8. The van der Waals surface area contributed by atoms with Crippen molar-refractivity contribution < 1.29 is 17.9 Å². The normalized spacial score (nSPS) is 11.2. The second kappa shape index (κ2) is 7.61. The fraction of sp³-hybridized carbons (Fsp3) is 0.133. The van der Waals surface area contributed by atoms with Crippen LogP contribution in [0, 0.1) is 0 Å². The first kappa shape index (κ1) is 18.9. The zero-order valence-corrected chi connectivity index (χ0v) is 15.4. The van der Waals surface area contributed by atoms with Gasteiger partial charge in [-0.3, -0.25) is 4.79 Å². The smallest absolute Gasteiger partial charge is 0.262 e. The average Bonchev–Trinajstić information content (AvgIpc) is 2.53.